The Hall–Kier alpha value is -1.00. The van der Waals surface area contributed by atoms with E-state index < -0.39 is 0 Å². The summed E-state index contributed by atoms with van der Waals surface area (Å²) >= 11 is 0. The molecule has 0 aromatic carbocycles. The van der Waals surface area contributed by atoms with Gasteiger partial charge in [-0.2, -0.15) is 0 Å². The monoisotopic (exact) mass is 221 g/mol. The van der Waals surface area contributed by atoms with Gasteiger partial charge in [-0.1, -0.05) is 6.92 Å². The summed E-state index contributed by atoms with van der Waals surface area (Å²) in [6.45, 7) is 5.14. The first-order chi connectivity index (χ1) is 7.81. The molecule has 0 amide bonds. The van der Waals surface area contributed by atoms with Crippen molar-refractivity contribution in [3.63, 3.8) is 0 Å². The van der Waals surface area contributed by atoms with Crippen molar-refractivity contribution in [1.29, 1.82) is 0 Å². The maximum Gasteiger partial charge on any atom is 0.0790 e. The van der Waals surface area contributed by atoms with Crippen molar-refractivity contribution >= 4 is 0 Å². The fourth-order valence-electron chi connectivity index (χ4n) is 2.20. The number of likely N-dealkylation sites (N-methyl/N-ethyl adjacent to an activating group) is 1. The Balaban J connectivity index is 2.11. The van der Waals surface area contributed by atoms with Crippen molar-refractivity contribution in [2.45, 2.75) is 44.9 Å². The van der Waals surface area contributed by atoms with Crippen molar-refractivity contribution in [3.05, 3.63) is 24.3 Å². The molecule has 16 heavy (non-hydrogen) atoms. The molecule has 1 aromatic rings. The molecule has 3 atom stereocenters. The molecule has 1 saturated heterocycles. The fraction of sp³-hybridized carbons (Fsp3) is 0.667. The molecule has 2 rings (SSSR count). The number of nitrogens with one attached hydrogen (secondary N) is 1. The third kappa shape index (κ3) is 2.57. The van der Waals surface area contributed by atoms with Crippen LogP contribution in [0.5, 0.6) is 0 Å². The normalized spacial score (nSPS) is 26.9. The zero-order valence-electron chi connectivity index (χ0n) is 9.89. The SMILES string of the molecule is CCNC(c1cnccn1)C1CCC(C)O1. The third-order valence-electron chi connectivity index (χ3n) is 2.96. The largest absolute Gasteiger partial charge is 0.373 e. The molecule has 1 aliphatic heterocycles. The summed E-state index contributed by atoms with van der Waals surface area (Å²) in [6, 6.07) is 0.170. The molecular weight excluding hydrogens is 202 g/mol. The molecule has 0 saturated carbocycles. The smallest absolute Gasteiger partial charge is 0.0790 e. The second-order valence-electron chi connectivity index (χ2n) is 4.23. The molecule has 4 nitrogen and oxygen atoms in total. The van der Waals surface area contributed by atoms with Crippen LogP contribution < -0.4 is 5.32 Å². The Labute approximate surface area is 96.4 Å². The summed E-state index contributed by atoms with van der Waals surface area (Å²) in [5.41, 5.74) is 0.975. The first-order valence-electron chi connectivity index (χ1n) is 5.96. The molecule has 1 aliphatic rings. The minimum atomic E-state index is 0.170. The van der Waals surface area contributed by atoms with Crippen molar-refractivity contribution in [2.75, 3.05) is 6.54 Å². The number of hydrogen-bond acceptors (Lipinski definition) is 4. The van der Waals surface area contributed by atoms with Crippen LogP contribution in [0.1, 0.15) is 38.4 Å². The summed E-state index contributed by atoms with van der Waals surface area (Å²) in [5.74, 6) is 0. The Morgan fingerprint density at radius 1 is 1.50 bits per heavy atom. The average Bonchev–Trinajstić information content (AvgIpc) is 2.74. The Morgan fingerprint density at radius 2 is 2.38 bits per heavy atom. The predicted molar refractivity (Wildman–Crippen MR) is 62.0 cm³/mol. The van der Waals surface area contributed by atoms with E-state index in [0.717, 1.165) is 25.1 Å². The van der Waals surface area contributed by atoms with Gasteiger partial charge in [-0.05, 0) is 26.3 Å². The number of hydrogen-bond donors (Lipinski definition) is 1. The van der Waals surface area contributed by atoms with E-state index in [-0.39, 0.29) is 12.1 Å². The molecule has 1 fully saturated rings. The van der Waals surface area contributed by atoms with Crippen LogP contribution in [0, 0.1) is 0 Å². The van der Waals surface area contributed by atoms with Gasteiger partial charge in [0.15, 0.2) is 0 Å². The van der Waals surface area contributed by atoms with Gasteiger partial charge in [0.25, 0.3) is 0 Å². The van der Waals surface area contributed by atoms with E-state index in [4.69, 9.17) is 4.74 Å². The average molecular weight is 221 g/mol. The van der Waals surface area contributed by atoms with Gasteiger partial charge in [0.05, 0.1) is 30.1 Å². The fourth-order valence-corrected chi connectivity index (χ4v) is 2.20. The maximum atomic E-state index is 5.90. The van der Waals surface area contributed by atoms with Gasteiger partial charge >= 0.3 is 0 Å². The quantitative estimate of drug-likeness (QED) is 0.840. The first-order valence-corrected chi connectivity index (χ1v) is 5.96. The van der Waals surface area contributed by atoms with E-state index in [9.17, 15) is 0 Å². The van der Waals surface area contributed by atoms with Crippen LogP contribution in [-0.4, -0.2) is 28.7 Å². The van der Waals surface area contributed by atoms with Gasteiger partial charge in [-0.3, -0.25) is 9.97 Å². The van der Waals surface area contributed by atoms with Crippen LogP contribution in [0.15, 0.2) is 18.6 Å². The molecule has 0 spiro atoms. The highest BCUT2D eigenvalue weighted by Crippen LogP contribution is 2.28. The maximum absolute atomic E-state index is 5.90. The Morgan fingerprint density at radius 3 is 2.94 bits per heavy atom. The van der Waals surface area contributed by atoms with Crippen LogP contribution in [0.2, 0.25) is 0 Å². The Kier molecular flexibility index (Phi) is 3.85. The van der Waals surface area contributed by atoms with Gasteiger partial charge in [0, 0.05) is 12.4 Å². The second kappa shape index (κ2) is 5.37. The van der Waals surface area contributed by atoms with Gasteiger partial charge in [0.1, 0.15) is 0 Å². The highest BCUT2D eigenvalue weighted by Gasteiger charge is 2.30. The standard InChI is InChI=1S/C12H19N3O/c1-3-14-12(10-8-13-6-7-15-10)11-5-4-9(2)16-11/h6-9,11-12,14H,3-5H2,1-2H3. The third-order valence-corrected chi connectivity index (χ3v) is 2.96. The van der Waals surface area contributed by atoms with Crippen LogP contribution >= 0.6 is 0 Å². The lowest BCUT2D eigenvalue weighted by atomic mass is 10.0. The minimum Gasteiger partial charge on any atom is -0.373 e. The topological polar surface area (TPSA) is 47.0 Å². The van der Waals surface area contributed by atoms with Crippen LogP contribution in [0.3, 0.4) is 0 Å². The highest BCUT2D eigenvalue weighted by atomic mass is 16.5. The molecule has 0 aliphatic carbocycles. The van der Waals surface area contributed by atoms with Crippen LogP contribution in [0.25, 0.3) is 0 Å². The lowest BCUT2D eigenvalue weighted by Gasteiger charge is -2.23. The molecule has 88 valence electrons. The van der Waals surface area contributed by atoms with E-state index in [0.29, 0.717) is 6.10 Å². The lowest BCUT2D eigenvalue weighted by molar-refractivity contribution is 0.0309. The molecule has 1 N–H and O–H groups in total. The molecular formula is C12H19N3O. The van der Waals surface area contributed by atoms with Crippen LogP contribution in [-0.2, 0) is 4.74 Å². The van der Waals surface area contributed by atoms with Crippen molar-refractivity contribution < 1.29 is 4.74 Å². The molecule has 4 heteroatoms. The first kappa shape index (κ1) is 11.5. The molecule has 0 bridgehead atoms. The minimum absolute atomic E-state index is 0.170. The molecule has 1 aromatic heterocycles. The summed E-state index contributed by atoms with van der Waals surface area (Å²) < 4.78 is 5.90. The van der Waals surface area contributed by atoms with E-state index >= 15 is 0 Å². The highest BCUT2D eigenvalue weighted by molar-refractivity contribution is 5.06. The number of ether oxygens (including phenoxy) is 1. The summed E-state index contributed by atoms with van der Waals surface area (Å²) in [4.78, 5) is 8.48. The van der Waals surface area contributed by atoms with Gasteiger partial charge in [-0.25, -0.2) is 0 Å². The summed E-state index contributed by atoms with van der Waals surface area (Å²) in [7, 11) is 0. The van der Waals surface area contributed by atoms with E-state index in [1.807, 2.05) is 6.20 Å². The van der Waals surface area contributed by atoms with E-state index in [1.165, 1.54) is 0 Å². The summed E-state index contributed by atoms with van der Waals surface area (Å²) in [5, 5.41) is 3.43. The number of rotatable bonds is 4. The van der Waals surface area contributed by atoms with Gasteiger partial charge in [-0.15, -0.1) is 0 Å². The van der Waals surface area contributed by atoms with Gasteiger partial charge < -0.3 is 10.1 Å². The number of aromatic nitrogens is 2. The van der Waals surface area contributed by atoms with Crippen molar-refractivity contribution in [1.82, 2.24) is 15.3 Å². The van der Waals surface area contributed by atoms with Crippen LogP contribution in [0.4, 0.5) is 0 Å². The van der Waals surface area contributed by atoms with Crippen molar-refractivity contribution in [3.8, 4) is 0 Å². The summed E-state index contributed by atoms with van der Waals surface area (Å²) in [6.07, 6.45) is 8.07. The van der Waals surface area contributed by atoms with Crippen molar-refractivity contribution in [2.24, 2.45) is 0 Å². The molecule has 0 radical (unpaired) electrons. The number of nitrogens with zero attached hydrogens (tertiary/aromatic N) is 2. The predicted octanol–water partition coefficient (Wildman–Crippen LogP) is 1.69. The van der Waals surface area contributed by atoms with E-state index in [1.54, 1.807) is 12.4 Å². The second-order valence-corrected chi connectivity index (χ2v) is 4.23. The zero-order valence-corrected chi connectivity index (χ0v) is 9.89. The molecule has 3 unspecified atom stereocenters. The van der Waals surface area contributed by atoms with E-state index in [2.05, 4.69) is 29.1 Å². The molecule has 2 heterocycles. The zero-order chi connectivity index (χ0) is 11.4. The van der Waals surface area contributed by atoms with Gasteiger partial charge in [0.2, 0.25) is 0 Å². The Bertz CT molecular complexity index is 317. The lowest BCUT2D eigenvalue weighted by Crippen LogP contribution is -2.32.